The van der Waals surface area contributed by atoms with Crippen LogP contribution in [-0.2, 0) is 10.2 Å². The van der Waals surface area contributed by atoms with Crippen molar-refractivity contribution in [3.05, 3.63) is 29.8 Å². The molecule has 1 aromatic carbocycles. The van der Waals surface area contributed by atoms with Crippen molar-refractivity contribution >= 4 is 10.2 Å². The Morgan fingerprint density at radius 1 is 1.35 bits per heavy atom. The average Bonchev–Trinajstić information content (AvgIpc) is 3.38. The summed E-state index contributed by atoms with van der Waals surface area (Å²) in [5.41, 5.74) is 0.908. The van der Waals surface area contributed by atoms with Crippen LogP contribution in [0, 0.1) is 5.92 Å². The summed E-state index contributed by atoms with van der Waals surface area (Å²) >= 11 is 0. The van der Waals surface area contributed by atoms with Gasteiger partial charge in [-0.25, -0.2) is 0 Å². The fourth-order valence-electron chi connectivity index (χ4n) is 3.11. The Kier molecular flexibility index (Phi) is 4.91. The van der Waals surface area contributed by atoms with Crippen molar-refractivity contribution in [1.29, 1.82) is 0 Å². The quantitative estimate of drug-likeness (QED) is 0.847. The SMILES string of the molecule is COc1ccccc1C1CNCCN1S(=O)(=O)N(C)CC1CC1. The number of rotatable bonds is 6. The van der Waals surface area contributed by atoms with E-state index in [-0.39, 0.29) is 6.04 Å². The number of para-hydroxylation sites is 1. The second kappa shape index (κ2) is 6.76. The molecule has 6 nitrogen and oxygen atoms in total. The number of hydrogen-bond acceptors (Lipinski definition) is 4. The van der Waals surface area contributed by atoms with Crippen molar-refractivity contribution in [1.82, 2.24) is 13.9 Å². The van der Waals surface area contributed by atoms with Gasteiger partial charge in [0.25, 0.3) is 10.2 Å². The second-order valence-corrected chi connectivity index (χ2v) is 8.29. The number of methoxy groups -OCH3 is 1. The summed E-state index contributed by atoms with van der Waals surface area (Å²) in [5, 5.41) is 3.30. The Hall–Kier alpha value is -1.15. The summed E-state index contributed by atoms with van der Waals surface area (Å²) in [4.78, 5) is 0. The van der Waals surface area contributed by atoms with E-state index in [0.717, 1.165) is 24.2 Å². The van der Waals surface area contributed by atoms with Crippen molar-refractivity contribution in [3.8, 4) is 5.75 Å². The molecule has 1 aliphatic heterocycles. The van der Waals surface area contributed by atoms with Gasteiger partial charge in [0, 0.05) is 38.8 Å². The molecule has 2 fully saturated rings. The lowest BCUT2D eigenvalue weighted by Gasteiger charge is -2.38. The highest BCUT2D eigenvalue weighted by Gasteiger charge is 2.38. The van der Waals surface area contributed by atoms with Gasteiger partial charge < -0.3 is 10.1 Å². The molecule has 1 aliphatic carbocycles. The third-order valence-electron chi connectivity index (χ3n) is 4.59. The van der Waals surface area contributed by atoms with Crippen molar-refractivity contribution in [2.45, 2.75) is 18.9 Å². The molecule has 2 aliphatic rings. The van der Waals surface area contributed by atoms with Crippen LogP contribution in [0.25, 0.3) is 0 Å². The Labute approximate surface area is 138 Å². The summed E-state index contributed by atoms with van der Waals surface area (Å²) in [6, 6.07) is 7.40. The molecule has 1 N–H and O–H groups in total. The molecule has 1 atom stereocenters. The maximum absolute atomic E-state index is 13.0. The third-order valence-corrected chi connectivity index (χ3v) is 6.56. The van der Waals surface area contributed by atoms with E-state index in [9.17, 15) is 8.42 Å². The van der Waals surface area contributed by atoms with Crippen LogP contribution < -0.4 is 10.1 Å². The van der Waals surface area contributed by atoms with Gasteiger partial charge in [-0.05, 0) is 24.8 Å². The summed E-state index contributed by atoms with van der Waals surface area (Å²) in [6.07, 6.45) is 2.27. The molecular weight excluding hydrogens is 314 g/mol. The highest BCUT2D eigenvalue weighted by atomic mass is 32.2. The minimum Gasteiger partial charge on any atom is -0.496 e. The van der Waals surface area contributed by atoms with E-state index in [4.69, 9.17) is 4.74 Å². The van der Waals surface area contributed by atoms with E-state index >= 15 is 0 Å². The molecule has 7 heteroatoms. The predicted octanol–water partition coefficient (Wildman–Crippen LogP) is 1.23. The molecule has 1 aromatic rings. The number of nitrogens with one attached hydrogen (secondary N) is 1. The average molecular weight is 339 g/mol. The molecule has 128 valence electrons. The van der Waals surface area contributed by atoms with Gasteiger partial charge in [0.2, 0.25) is 0 Å². The van der Waals surface area contributed by atoms with Gasteiger partial charge in [-0.3, -0.25) is 0 Å². The highest BCUT2D eigenvalue weighted by molar-refractivity contribution is 7.86. The third kappa shape index (κ3) is 3.52. The Morgan fingerprint density at radius 3 is 2.78 bits per heavy atom. The van der Waals surface area contributed by atoms with Crippen LogP contribution in [0.2, 0.25) is 0 Å². The van der Waals surface area contributed by atoms with Gasteiger partial charge in [-0.1, -0.05) is 18.2 Å². The van der Waals surface area contributed by atoms with E-state index in [1.54, 1.807) is 18.5 Å². The highest BCUT2D eigenvalue weighted by Crippen LogP contribution is 2.34. The first-order valence-corrected chi connectivity index (χ1v) is 9.50. The number of nitrogens with zero attached hydrogens (tertiary/aromatic N) is 2. The lowest BCUT2D eigenvalue weighted by Crippen LogP contribution is -2.52. The lowest BCUT2D eigenvalue weighted by molar-refractivity contribution is 0.246. The van der Waals surface area contributed by atoms with E-state index in [2.05, 4.69) is 5.32 Å². The monoisotopic (exact) mass is 339 g/mol. The first-order valence-electron chi connectivity index (χ1n) is 8.10. The molecule has 1 saturated heterocycles. The van der Waals surface area contributed by atoms with Crippen molar-refractivity contribution in [3.63, 3.8) is 0 Å². The van der Waals surface area contributed by atoms with E-state index in [1.165, 1.54) is 4.31 Å². The van der Waals surface area contributed by atoms with Gasteiger partial charge in [-0.2, -0.15) is 17.0 Å². The van der Waals surface area contributed by atoms with E-state index in [0.29, 0.717) is 32.1 Å². The van der Waals surface area contributed by atoms with Crippen LogP contribution in [0.4, 0.5) is 0 Å². The summed E-state index contributed by atoms with van der Waals surface area (Å²) in [7, 11) is -0.161. The summed E-state index contributed by atoms with van der Waals surface area (Å²) in [6.45, 7) is 2.35. The molecular formula is C16H25N3O3S. The predicted molar refractivity (Wildman–Crippen MR) is 89.6 cm³/mol. The van der Waals surface area contributed by atoms with Gasteiger partial charge in [0.15, 0.2) is 0 Å². The molecule has 0 radical (unpaired) electrons. The molecule has 0 aromatic heterocycles. The van der Waals surface area contributed by atoms with Crippen LogP contribution in [-0.4, -0.2) is 57.4 Å². The number of ether oxygens (including phenoxy) is 1. The van der Waals surface area contributed by atoms with E-state index in [1.807, 2.05) is 24.3 Å². The fraction of sp³-hybridized carbons (Fsp3) is 0.625. The molecule has 3 rings (SSSR count). The zero-order valence-electron chi connectivity index (χ0n) is 13.7. The molecule has 1 unspecified atom stereocenters. The minimum absolute atomic E-state index is 0.244. The Balaban J connectivity index is 1.88. The van der Waals surface area contributed by atoms with Gasteiger partial charge in [-0.15, -0.1) is 0 Å². The molecule has 1 saturated carbocycles. The standard InChI is InChI=1S/C16H25N3O3S/c1-18(12-13-7-8-13)23(20,21)19-10-9-17-11-15(19)14-5-3-4-6-16(14)22-2/h3-6,13,15,17H,7-12H2,1-2H3. The summed E-state index contributed by atoms with van der Waals surface area (Å²) < 4.78 is 34.6. The molecule has 23 heavy (non-hydrogen) atoms. The van der Waals surface area contributed by atoms with Crippen molar-refractivity contribution in [2.75, 3.05) is 40.3 Å². The first-order chi connectivity index (χ1) is 11.0. The molecule has 0 bridgehead atoms. The molecule has 1 heterocycles. The summed E-state index contributed by atoms with van der Waals surface area (Å²) in [5.74, 6) is 1.26. The van der Waals surface area contributed by atoms with Gasteiger partial charge in [0.1, 0.15) is 5.75 Å². The van der Waals surface area contributed by atoms with Crippen LogP contribution in [0.5, 0.6) is 5.75 Å². The van der Waals surface area contributed by atoms with Gasteiger partial charge in [0.05, 0.1) is 13.2 Å². The lowest BCUT2D eigenvalue weighted by atomic mass is 10.0. The number of hydrogen-bond donors (Lipinski definition) is 1. The van der Waals surface area contributed by atoms with Gasteiger partial charge >= 0.3 is 0 Å². The zero-order valence-corrected chi connectivity index (χ0v) is 14.6. The topological polar surface area (TPSA) is 61.9 Å². The van der Waals surface area contributed by atoms with Crippen LogP contribution in [0.3, 0.4) is 0 Å². The normalized spacial score (nSPS) is 23.2. The maximum atomic E-state index is 13.0. The number of benzene rings is 1. The Morgan fingerprint density at radius 2 is 2.09 bits per heavy atom. The first kappa shape index (κ1) is 16.7. The Bertz CT molecular complexity index is 646. The smallest absolute Gasteiger partial charge is 0.282 e. The van der Waals surface area contributed by atoms with Crippen LogP contribution in [0.15, 0.2) is 24.3 Å². The fourth-order valence-corrected chi connectivity index (χ4v) is 4.69. The zero-order chi connectivity index (χ0) is 16.4. The molecule has 0 spiro atoms. The van der Waals surface area contributed by atoms with Crippen molar-refractivity contribution in [2.24, 2.45) is 5.92 Å². The number of piperazine rings is 1. The van der Waals surface area contributed by atoms with Crippen molar-refractivity contribution < 1.29 is 13.2 Å². The molecule has 0 amide bonds. The second-order valence-electron chi connectivity index (χ2n) is 6.30. The minimum atomic E-state index is -3.47. The largest absolute Gasteiger partial charge is 0.496 e. The van der Waals surface area contributed by atoms with Crippen LogP contribution >= 0.6 is 0 Å². The van der Waals surface area contributed by atoms with E-state index < -0.39 is 10.2 Å². The van der Waals surface area contributed by atoms with Crippen LogP contribution in [0.1, 0.15) is 24.4 Å². The maximum Gasteiger partial charge on any atom is 0.282 e.